The molecule has 3 heteroatoms. The Hall–Kier alpha value is -1.77. The average molecular weight is 273 g/mol. The quantitative estimate of drug-likeness (QED) is 0.609. The second-order valence-electron chi connectivity index (χ2n) is 5.31. The summed E-state index contributed by atoms with van der Waals surface area (Å²) >= 11 is 0. The van der Waals surface area contributed by atoms with Crippen LogP contribution in [0.15, 0.2) is 30.9 Å². The molecule has 1 aromatic carbocycles. The summed E-state index contributed by atoms with van der Waals surface area (Å²) in [5, 5.41) is 0. The topological polar surface area (TPSA) is 29.5 Å². The SMILES string of the molecule is C=CCOC(=O)Cc1ccc(N2CCCCC2)cc1C. The largest absolute Gasteiger partial charge is 0.461 e. The normalized spacial score (nSPS) is 14.9. The highest BCUT2D eigenvalue weighted by Crippen LogP contribution is 2.23. The van der Waals surface area contributed by atoms with Crippen LogP contribution in [-0.4, -0.2) is 25.7 Å². The number of nitrogens with zero attached hydrogens (tertiary/aromatic N) is 1. The van der Waals surface area contributed by atoms with Crippen molar-refractivity contribution in [3.63, 3.8) is 0 Å². The van der Waals surface area contributed by atoms with Crippen molar-refractivity contribution in [2.24, 2.45) is 0 Å². The third-order valence-electron chi connectivity index (χ3n) is 3.74. The van der Waals surface area contributed by atoms with Gasteiger partial charge < -0.3 is 9.64 Å². The van der Waals surface area contributed by atoms with Gasteiger partial charge >= 0.3 is 5.97 Å². The zero-order valence-electron chi connectivity index (χ0n) is 12.2. The minimum atomic E-state index is -0.196. The van der Waals surface area contributed by atoms with E-state index >= 15 is 0 Å². The number of anilines is 1. The van der Waals surface area contributed by atoms with E-state index in [4.69, 9.17) is 4.74 Å². The molecular weight excluding hydrogens is 250 g/mol. The van der Waals surface area contributed by atoms with Crippen LogP contribution in [0.2, 0.25) is 0 Å². The zero-order valence-corrected chi connectivity index (χ0v) is 12.2. The summed E-state index contributed by atoms with van der Waals surface area (Å²) in [6, 6.07) is 6.35. The molecule has 1 saturated heterocycles. The number of rotatable bonds is 5. The van der Waals surface area contributed by atoms with Crippen LogP contribution in [0, 0.1) is 6.92 Å². The van der Waals surface area contributed by atoms with Gasteiger partial charge in [0, 0.05) is 18.8 Å². The van der Waals surface area contributed by atoms with Gasteiger partial charge in [-0.2, -0.15) is 0 Å². The Bertz CT molecular complexity index is 476. The third kappa shape index (κ3) is 3.86. The zero-order chi connectivity index (χ0) is 14.4. The Morgan fingerprint density at radius 3 is 2.75 bits per heavy atom. The lowest BCUT2D eigenvalue weighted by molar-refractivity contribution is -0.141. The Kier molecular flexibility index (Phi) is 5.22. The molecule has 0 unspecified atom stereocenters. The second-order valence-corrected chi connectivity index (χ2v) is 5.31. The maximum atomic E-state index is 11.6. The molecule has 3 nitrogen and oxygen atoms in total. The van der Waals surface area contributed by atoms with Crippen LogP contribution < -0.4 is 4.90 Å². The molecule has 0 amide bonds. The summed E-state index contributed by atoms with van der Waals surface area (Å²) in [4.78, 5) is 14.1. The van der Waals surface area contributed by atoms with E-state index in [1.807, 2.05) is 0 Å². The summed E-state index contributed by atoms with van der Waals surface area (Å²) in [7, 11) is 0. The second kappa shape index (κ2) is 7.13. The van der Waals surface area contributed by atoms with Crippen LogP contribution in [0.3, 0.4) is 0 Å². The summed E-state index contributed by atoms with van der Waals surface area (Å²) in [6.07, 6.45) is 5.80. The molecule has 0 atom stereocenters. The molecule has 1 heterocycles. The maximum Gasteiger partial charge on any atom is 0.310 e. The van der Waals surface area contributed by atoms with E-state index in [9.17, 15) is 4.79 Å². The maximum absolute atomic E-state index is 11.6. The number of aryl methyl sites for hydroxylation is 1. The standard InChI is InChI=1S/C17H23NO2/c1-3-11-20-17(19)13-15-7-8-16(12-14(15)2)18-9-5-4-6-10-18/h3,7-8,12H,1,4-6,9-11,13H2,2H3. The highest BCUT2D eigenvalue weighted by atomic mass is 16.5. The highest BCUT2D eigenvalue weighted by molar-refractivity contribution is 5.73. The first kappa shape index (κ1) is 14.6. The van der Waals surface area contributed by atoms with Gasteiger partial charge in [-0.3, -0.25) is 4.79 Å². The molecule has 1 aromatic rings. The lowest BCUT2D eigenvalue weighted by Gasteiger charge is -2.29. The minimum Gasteiger partial charge on any atom is -0.461 e. The van der Waals surface area contributed by atoms with Gasteiger partial charge in [0.15, 0.2) is 0 Å². The van der Waals surface area contributed by atoms with E-state index in [1.165, 1.54) is 24.9 Å². The van der Waals surface area contributed by atoms with E-state index < -0.39 is 0 Å². The van der Waals surface area contributed by atoms with Crippen molar-refractivity contribution < 1.29 is 9.53 Å². The van der Waals surface area contributed by atoms with Crippen LogP contribution in [0.5, 0.6) is 0 Å². The van der Waals surface area contributed by atoms with Crippen molar-refractivity contribution in [3.05, 3.63) is 42.0 Å². The first-order valence-electron chi connectivity index (χ1n) is 7.31. The molecule has 0 radical (unpaired) electrons. The Morgan fingerprint density at radius 2 is 2.10 bits per heavy atom. The highest BCUT2D eigenvalue weighted by Gasteiger charge is 2.13. The predicted molar refractivity (Wildman–Crippen MR) is 82.1 cm³/mol. The first-order valence-corrected chi connectivity index (χ1v) is 7.31. The molecule has 20 heavy (non-hydrogen) atoms. The smallest absolute Gasteiger partial charge is 0.310 e. The number of hydrogen-bond acceptors (Lipinski definition) is 3. The molecule has 2 rings (SSSR count). The van der Waals surface area contributed by atoms with Gasteiger partial charge in [-0.25, -0.2) is 0 Å². The predicted octanol–water partition coefficient (Wildman–Crippen LogP) is 3.26. The van der Waals surface area contributed by atoms with Gasteiger partial charge in [-0.15, -0.1) is 0 Å². The van der Waals surface area contributed by atoms with E-state index in [-0.39, 0.29) is 12.6 Å². The minimum absolute atomic E-state index is 0.196. The molecule has 1 aliphatic rings. The lowest BCUT2D eigenvalue weighted by Crippen LogP contribution is -2.29. The third-order valence-corrected chi connectivity index (χ3v) is 3.74. The molecule has 0 spiro atoms. The van der Waals surface area contributed by atoms with E-state index in [2.05, 4.69) is 36.6 Å². The summed E-state index contributed by atoms with van der Waals surface area (Å²) < 4.78 is 5.03. The molecule has 1 fully saturated rings. The molecule has 0 aliphatic carbocycles. The van der Waals surface area contributed by atoms with Crippen molar-refractivity contribution in [2.75, 3.05) is 24.6 Å². The van der Waals surface area contributed by atoms with Crippen molar-refractivity contribution in [1.29, 1.82) is 0 Å². The number of benzene rings is 1. The molecule has 0 N–H and O–H groups in total. The van der Waals surface area contributed by atoms with E-state index in [0.29, 0.717) is 6.42 Å². The van der Waals surface area contributed by atoms with E-state index in [1.54, 1.807) is 6.08 Å². The van der Waals surface area contributed by atoms with Crippen molar-refractivity contribution in [1.82, 2.24) is 0 Å². The van der Waals surface area contributed by atoms with Crippen molar-refractivity contribution in [2.45, 2.75) is 32.6 Å². The fourth-order valence-electron chi connectivity index (χ4n) is 2.59. The van der Waals surface area contributed by atoms with Gasteiger partial charge in [0.2, 0.25) is 0 Å². The molecule has 0 saturated carbocycles. The number of carbonyl (C=O) groups is 1. The fourth-order valence-corrected chi connectivity index (χ4v) is 2.59. The molecule has 0 aromatic heterocycles. The van der Waals surface area contributed by atoms with Gasteiger partial charge in [-0.05, 0) is 49.4 Å². The van der Waals surface area contributed by atoms with Gasteiger partial charge in [-0.1, -0.05) is 18.7 Å². The van der Waals surface area contributed by atoms with Gasteiger partial charge in [0.05, 0.1) is 6.42 Å². The van der Waals surface area contributed by atoms with Crippen molar-refractivity contribution in [3.8, 4) is 0 Å². The first-order chi connectivity index (χ1) is 9.70. The van der Waals surface area contributed by atoms with E-state index in [0.717, 1.165) is 24.2 Å². The Balaban J connectivity index is 2.01. The number of esters is 1. The number of piperidine rings is 1. The van der Waals surface area contributed by atoms with Crippen LogP contribution in [-0.2, 0) is 16.0 Å². The lowest BCUT2D eigenvalue weighted by atomic mass is 10.0. The number of ether oxygens (including phenoxy) is 1. The Labute approximate surface area is 121 Å². The van der Waals surface area contributed by atoms with Crippen molar-refractivity contribution >= 4 is 11.7 Å². The summed E-state index contributed by atoms with van der Waals surface area (Å²) in [6.45, 7) is 8.16. The molecular formula is C17H23NO2. The van der Waals surface area contributed by atoms with Crippen LogP contribution >= 0.6 is 0 Å². The van der Waals surface area contributed by atoms with Gasteiger partial charge in [0.25, 0.3) is 0 Å². The van der Waals surface area contributed by atoms with Gasteiger partial charge in [0.1, 0.15) is 6.61 Å². The molecule has 1 aliphatic heterocycles. The summed E-state index contributed by atoms with van der Waals surface area (Å²) in [5.74, 6) is -0.196. The van der Waals surface area contributed by atoms with Crippen LogP contribution in [0.4, 0.5) is 5.69 Å². The van der Waals surface area contributed by atoms with Crippen LogP contribution in [0.25, 0.3) is 0 Å². The molecule has 108 valence electrons. The number of hydrogen-bond donors (Lipinski definition) is 0. The monoisotopic (exact) mass is 273 g/mol. The molecule has 0 bridgehead atoms. The number of carbonyl (C=O) groups excluding carboxylic acids is 1. The average Bonchev–Trinajstić information content (AvgIpc) is 2.48. The van der Waals surface area contributed by atoms with Crippen LogP contribution in [0.1, 0.15) is 30.4 Å². The fraction of sp³-hybridized carbons (Fsp3) is 0.471. The Morgan fingerprint density at radius 1 is 1.35 bits per heavy atom. The summed E-state index contributed by atoms with van der Waals surface area (Å²) in [5.41, 5.74) is 3.47.